The van der Waals surface area contributed by atoms with Crippen molar-refractivity contribution in [3.05, 3.63) is 54.3 Å². The Labute approximate surface area is 98.7 Å². The van der Waals surface area contributed by atoms with E-state index in [1.807, 2.05) is 25.2 Å². The Bertz CT molecular complexity index is 468. The highest BCUT2D eigenvalue weighted by Crippen LogP contribution is 2.29. The van der Waals surface area contributed by atoms with E-state index in [2.05, 4.69) is 11.4 Å². The molecule has 0 amide bonds. The molecule has 82 valence electrons. The molecule has 3 heteroatoms. The van der Waals surface area contributed by atoms with Crippen LogP contribution in [0.15, 0.2) is 58.3 Å². The molecule has 0 saturated carbocycles. The van der Waals surface area contributed by atoms with Crippen LogP contribution in [0, 0.1) is 5.82 Å². The number of hydrogen-bond acceptors (Lipinski definition) is 2. The van der Waals surface area contributed by atoms with Crippen LogP contribution in [-0.4, -0.2) is 7.05 Å². The highest BCUT2D eigenvalue weighted by atomic mass is 32.2. The summed E-state index contributed by atoms with van der Waals surface area (Å²) in [6.45, 7) is 0. The molecular weight excluding hydrogens is 221 g/mol. The van der Waals surface area contributed by atoms with E-state index in [1.165, 1.54) is 12.1 Å². The average molecular weight is 233 g/mol. The normalized spacial score (nSPS) is 10.1. The molecule has 0 atom stereocenters. The molecule has 0 aliphatic rings. The number of anilines is 1. The van der Waals surface area contributed by atoms with Gasteiger partial charge in [-0.05, 0) is 42.5 Å². The molecule has 0 aliphatic heterocycles. The zero-order valence-corrected chi connectivity index (χ0v) is 9.72. The molecule has 16 heavy (non-hydrogen) atoms. The van der Waals surface area contributed by atoms with Gasteiger partial charge < -0.3 is 5.32 Å². The molecule has 0 aromatic heterocycles. The van der Waals surface area contributed by atoms with Crippen LogP contribution in [0.4, 0.5) is 10.1 Å². The van der Waals surface area contributed by atoms with Gasteiger partial charge in [-0.3, -0.25) is 0 Å². The van der Waals surface area contributed by atoms with Crippen molar-refractivity contribution in [3.63, 3.8) is 0 Å². The van der Waals surface area contributed by atoms with Crippen LogP contribution >= 0.6 is 11.8 Å². The van der Waals surface area contributed by atoms with Crippen molar-refractivity contribution >= 4 is 17.4 Å². The lowest BCUT2D eigenvalue weighted by atomic mass is 10.3. The lowest BCUT2D eigenvalue weighted by Gasteiger charge is -2.04. The third-order valence-electron chi connectivity index (χ3n) is 2.17. The predicted molar refractivity (Wildman–Crippen MR) is 66.5 cm³/mol. The minimum Gasteiger partial charge on any atom is -0.388 e. The standard InChI is InChI=1S/C13H12FNS/c1-15-11-3-2-4-13(9-11)16-12-7-5-10(14)6-8-12/h2-9,15H,1H3. The first-order valence-electron chi connectivity index (χ1n) is 4.99. The molecule has 2 rings (SSSR count). The lowest BCUT2D eigenvalue weighted by Crippen LogP contribution is -1.86. The van der Waals surface area contributed by atoms with E-state index in [4.69, 9.17) is 0 Å². The minimum absolute atomic E-state index is 0.201. The second-order valence-electron chi connectivity index (χ2n) is 3.33. The molecule has 1 N–H and O–H groups in total. The van der Waals surface area contributed by atoms with Crippen LogP contribution < -0.4 is 5.32 Å². The summed E-state index contributed by atoms with van der Waals surface area (Å²) >= 11 is 1.62. The van der Waals surface area contributed by atoms with Crippen LogP contribution in [0.1, 0.15) is 0 Å². The van der Waals surface area contributed by atoms with Crippen LogP contribution in [0.3, 0.4) is 0 Å². The summed E-state index contributed by atoms with van der Waals surface area (Å²) in [6, 6.07) is 14.6. The van der Waals surface area contributed by atoms with Gasteiger partial charge in [-0.15, -0.1) is 0 Å². The van der Waals surface area contributed by atoms with Gasteiger partial charge in [0.25, 0.3) is 0 Å². The van der Waals surface area contributed by atoms with Gasteiger partial charge in [-0.25, -0.2) is 4.39 Å². The number of benzene rings is 2. The molecule has 1 nitrogen and oxygen atoms in total. The Balaban J connectivity index is 2.16. The Morgan fingerprint density at radius 3 is 2.44 bits per heavy atom. The zero-order chi connectivity index (χ0) is 11.4. The van der Waals surface area contributed by atoms with Crippen molar-refractivity contribution in [1.29, 1.82) is 0 Å². The summed E-state index contributed by atoms with van der Waals surface area (Å²) in [6.07, 6.45) is 0. The van der Waals surface area contributed by atoms with Crippen LogP contribution in [-0.2, 0) is 0 Å². The molecule has 0 radical (unpaired) electrons. The second kappa shape index (κ2) is 5.03. The number of hydrogen-bond donors (Lipinski definition) is 1. The highest BCUT2D eigenvalue weighted by Gasteiger charge is 1.98. The molecule has 0 heterocycles. The van der Waals surface area contributed by atoms with Gasteiger partial charge in [0.1, 0.15) is 5.82 Å². The summed E-state index contributed by atoms with van der Waals surface area (Å²) in [5.74, 6) is -0.201. The van der Waals surface area contributed by atoms with Gasteiger partial charge in [-0.2, -0.15) is 0 Å². The highest BCUT2D eigenvalue weighted by molar-refractivity contribution is 7.99. The molecular formula is C13H12FNS. The van der Waals surface area contributed by atoms with Crippen molar-refractivity contribution in [1.82, 2.24) is 0 Å². The first kappa shape index (κ1) is 11.0. The number of halogens is 1. The summed E-state index contributed by atoms with van der Waals surface area (Å²) in [5.41, 5.74) is 1.08. The van der Waals surface area contributed by atoms with Crippen LogP contribution in [0.25, 0.3) is 0 Å². The second-order valence-corrected chi connectivity index (χ2v) is 4.48. The van der Waals surface area contributed by atoms with Crippen molar-refractivity contribution in [3.8, 4) is 0 Å². The van der Waals surface area contributed by atoms with Gasteiger partial charge >= 0.3 is 0 Å². The minimum atomic E-state index is -0.201. The number of nitrogens with one attached hydrogen (secondary N) is 1. The fraction of sp³-hybridized carbons (Fsp3) is 0.0769. The Hall–Kier alpha value is -1.48. The zero-order valence-electron chi connectivity index (χ0n) is 8.91. The molecule has 2 aromatic rings. The molecule has 0 aliphatic carbocycles. The third-order valence-corrected chi connectivity index (χ3v) is 3.17. The topological polar surface area (TPSA) is 12.0 Å². The van der Waals surface area contributed by atoms with Gasteiger partial charge in [0.15, 0.2) is 0 Å². The molecule has 0 unspecified atom stereocenters. The third kappa shape index (κ3) is 2.76. The maximum absolute atomic E-state index is 12.7. The SMILES string of the molecule is CNc1cccc(Sc2ccc(F)cc2)c1. The molecule has 0 saturated heterocycles. The monoisotopic (exact) mass is 233 g/mol. The maximum Gasteiger partial charge on any atom is 0.123 e. The maximum atomic E-state index is 12.7. The molecule has 2 aromatic carbocycles. The Kier molecular flexibility index (Phi) is 3.47. The summed E-state index contributed by atoms with van der Waals surface area (Å²) in [4.78, 5) is 2.17. The van der Waals surface area contributed by atoms with Crippen molar-refractivity contribution in [2.45, 2.75) is 9.79 Å². The van der Waals surface area contributed by atoms with E-state index in [-0.39, 0.29) is 5.82 Å². The smallest absolute Gasteiger partial charge is 0.123 e. The van der Waals surface area contributed by atoms with Gasteiger partial charge in [0.05, 0.1) is 0 Å². The van der Waals surface area contributed by atoms with Crippen molar-refractivity contribution in [2.24, 2.45) is 0 Å². The van der Waals surface area contributed by atoms with E-state index in [1.54, 1.807) is 23.9 Å². The van der Waals surface area contributed by atoms with E-state index in [0.717, 1.165) is 15.5 Å². The summed E-state index contributed by atoms with van der Waals surface area (Å²) in [7, 11) is 1.89. The average Bonchev–Trinajstić information content (AvgIpc) is 2.32. The van der Waals surface area contributed by atoms with Crippen molar-refractivity contribution in [2.75, 3.05) is 12.4 Å². The first-order valence-corrected chi connectivity index (χ1v) is 5.81. The van der Waals surface area contributed by atoms with E-state index >= 15 is 0 Å². The van der Waals surface area contributed by atoms with Crippen LogP contribution in [0.5, 0.6) is 0 Å². The molecule has 0 fully saturated rings. The first-order chi connectivity index (χ1) is 7.78. The lowest BCUT2D eigenvalue weighted by molar-refractivity contribution is 0.626. The Morgan fingerprint density at radius 1 is 1.00 bits per heavy atom. The van der Waals surface area contributed by atoms with E-state index in [9.17, 15) is 4.39 Å². The van der Waals surface area contributed by atoms with Gasteiger partial charge in [0, 0.05) is 22.5 Å². The Morgan fingerprint density at radius 2 is 1.75 bits per heavy atom. The van der Waals surface area contributed by atoms with Crippen LogP contribution in [0.2, 0.25) is 0 Å². The summed E-state index contributed by atoms with van der Waals surface area (Å²) < 4.78 is 12.7. The predicted octanol–water partition coefficient (Wildman–Crippen LogP) is 4.02. The largest absolute Gasteiger partial charge is 0.388 e. The fourth-order valence-electron chi connectivity index (χ4n) is 1.35. The number of rotatable bonds is 3. The van der Waals surface area contributed by atoms with Gasteiger partial charge in [0.2, 0.25) is 0 Å². The van der Waals surface area contributed by atoms with Gasteiger partial charge in [-0.1, -0.05) is 17.8 Å². The van der Waals surface area contributed by atoms with E-state index < -0.39 is 0 Å². The summed E-state index contributed by atoms with van der Waals surface area (Å²) in [5, 5.41) is 3.09. The molecule has 0 bridgehead atoms. The van der Waals surface area contributed by atoms with Crippen molar-refractivity contribution < 1.29 is 4.39 Å². The molecule has 0 spiro atoms. The van der Waals surface area contributed by atoms with E-state index in [0.29, 0.717) is 0 Å². The quantitative estimate of drug-likeness (QED) is 0.859. The fourth-order valence-corrected chi connectivity index (χ4v) is 2.23.